The number of ether oxygens (including phenoxy) is 2. The molecule has 1 unspecified atom stereocenters. The number of alkyl carbamates (subject to hydrolysis) is 1. The van der Waals surface area contributed by atoms with Crippen LogP contribution in [0.2, 0.25) is 0 Å². The Morgan fingerprint density at radius 2 is 2.03 bits per heavy atom. The molecule has 1 amide bonds. The molecule has 7 nitrogen and oxygen atoms in total. The molecule has 0 aliphatic rings. The predicted octanol–water partition coefficient (Wildman–Crippen LogP) is 4.23. The smallest absolute Gasteiger partial charge is 0.413 e. The maximum Gasteiger partial charge on any atom is 0.413 e. The van der Waals surface area contributed by atoms with Crippen molar-refractivity contribution in [1.29, 1.82) is 0 Å². The van der Waals surface area contributed by atoms with E-state index in [2.05, 4.69) is 21.6 Å². The number of anilines is 1. The second-order valence-electron chi connectivity index (χ2n) is 6.69. The highest BCUT2D eigenvalue weighted by molar-refractivity contribution is 8.14. The van der Waals surface area contributed by atoms with Crippen molar-refractivity contribution in [3.05, 3.63) is 42.2 Å². The van der Waals surface area contributed by atoms with Gasteiger partial charge in [0.1, 0.15) is 11.4 Å². The minimum absolute atomic E-state index is 0.0519. The zero-order chi connectivity index (χ0) is 23.3. The molecular weight excluding hydrogens is 416 g/mol. The number of thioether (sulfide) groups is 1. The Morgan fingerprint density at radius 3 is 2.50 bits per heavy atom. The summed E-state index contributed by atoms with van der Waals surface area (Å²) in [6, 6.07) is 3.98. The van der Waals surface area contributed by atoms with Gasteiger partial charge in [-0.25, -0.2) is 18.4 Å². The number of nitrogens with two attached hydrogens (primary N) is 1. The van der Waals surface area contributed by atoms with Gasteiger partial charge in [-0.2, -0.15) is 0 Å². The fourth-order valence-corrected chi connectivity index (χ4v) is 2.57. The van der Waals surface area contributed by atoms with Gasteiger partial charge in [0, 0.05) is 25.2 Å². The summed E-state index contributed by atoms with van der Waals surface area (Å²) >= 11 is 0.672. The maximum atomic E-state index is 14.1. The Morgan fingerprint density at radius 1 is 1.40 bits per heavy atom. The highest BCUT2D eigenvalue weighted by Gasteiger charge is 2.20. The van der Waals surface area contributed by atoms with Crippen LogP contribution in [-0.2, 0) is 20.7 Å². The monoisotopic (exact) mass is 445 g/mol. The highest BCUT2D eigenvalue weighted by atomic mass is 32.2. The molecule has 3 N–H and O–H groups in total. The number of benzene rings is 1. The fourth-order valence-electron chi connectivity index (χ4n) is 1.82. The first-order valence-electron chi connectivity index (χ1n) is 9.02. The molecule has 0 radical (unpaired) electrons. The van der Waals surface area contributed by atoms with Gasteiger partial charge in [0.25, 0.3) is 0 Å². The lowest BCUT2D eigenvalue weighted by molar-refractivity contribution is -0.137. The van der Waals surface area contributed by atoms with Crippen LogP contribution < -0.4 is 11.1 Å². The van der Waals surface area contributed by atoms with E-state index >= 15 is 0 Å². The third kappa shape index (κ3) is 12.8. The molecule has 0 fully saturated rings. The van der Waals surface area contributed by atoms with Gasteiger partial charge in [0.2, 0.25) is 0 Å². The van der Waals surface area contributed by atoms with E-state index < -0.39 is 23.0 Å². The molecule has 168 valence electrons. The molecule has 1 aromatic carbocycles. The highest BCUT2D eigenvalue weighted by Crippen LogP contribution is 2.22. The number of amides is 1. The van der Waals surface area contributed by atoms with Gasteiger partial charge in [0.05, 0.1) is 6.61 Å². The van der Waals surface area contributed by atoms with E-state index in [0.29, 0.717) is 24.1 Å². The average Bonchev–Trinajstić information content (AvgIpc) is 2.63. The SMILES string of the molecule is C=CC(=O)OCC.CN=C(NC(=O)OC(C)(C)C)SC(F)Cc1cc(N)ccc1F. The van der Waals surface area contributed by atoms with E-state index in [-0.39, 0.29) is 23.1 Å². The lowest BCUT2D eigenvalue weighted by atomic mass is 10.1. The molecule has 10 heteroatoms. The van der Waals surface area contributed by atoms with Crippen molar-refractivity contribution >= 4 is 34.7 Å². The number of carbonyl (C=O) groups excluding carboxylic acids is 2. The van der Waals surface area contributed by atoms with Gasteiger partial charge in [-0.15, -0.1) is 0 Å². The summed E-state index contributed by atoms with van der Waals surface area (Å²) in [6.45, 7) is 10.5. The van der Waals surface area contributed by atoms with Gasteiger partial charge in [0.15, 0.2) is 10.7 Å². The van der Waals surface area contributed by atoms with Crippen molar-refractivity contribution in [3.8, 4) is 0 Å². The minimum Gasteiger partial charge on any atom is -0.463 e. The zero-order valence-electron chi connectivity index (χ0n) is 17.8. The van der Waals surface area contributed by atoms with E-state index in [1.165, 1.54) is 25.2 Å². The topological polar surface area (TPSA) is 103 Å². The summed E-state index contributed by atoms with van der Waals surface area (Å²) in [5.41, 5.74) is 3.91. The lowest BCUT2D eigenvalue weighted by Crippen LogP contribution is -2.35. The van der Waals surface area contributed by atoms with E-state index in [9.17, 15) is 18.4 Å². The van der Waals surface area contributed by atoms with Crippen LogP contribution in [0.5, 0.6) is 0 Å². The Hall–Kier alpha value is -2.62. The number of hydrogen-bond acceptors (Lipinski definition) is 7. The van der Waals surface area contributed by atoms with E-state index in [0.717, 1.165) is 6.08 Å². The Bertz CT molecular complexity index is 752. The maximum absolute atomic E-state index is 14.1. The molecule has 0 aliphatic heterocycles. The van der Waals surface area contributed by atoms with Crippen LogP contribution in [0.3, 0.4) is 0 Å². The molecule has 0 saturated heterocycles. The van der Waals surface area contributed by atoms with Crippen molar-refractivity contribution in [2.75, 3.05) is 19.4 Å². The second-order valence-corrected chi connectivity index (χ2v) is 7.83. The van der Waals surface area contributed by atoms with Crippen LogP contribution in [0.4, 0.5) is 19.3 Å². The summed E-state index contributed by atoms with van der Waals surface area (Å²) in [5.74, 6) is -0.889. The number of hydrogen-bond donors (Lipinski definition) is 2. The van der Waals surface area contributed by atoms with Crippen molar-refractivity contribution in [3.63, 3.8) is 0 Å². The molecule has 1 aromatic rings. The number of nitrogen functional groups attached to an aromatic ring is 1. The largest absolute Gasteiger partial charge is 0.463 e. The number of halogens is 2. The molecule has 0 saturated carbocycles. The summed E-state index contributed by atoms with van der Waals surface area (Å²) in [5, 5.41) is 2.41. The van der Waals surface area contributed by atoms with Crippen molar-refractivity contribution in [1.82, 2.24) is 5.32 Å². The van der Waals surface area contributed by atoms with Gasteiger partial charge < -0.3 is 15.2 Å². The van der Waals surface area contributed by atoms with Gasteiger partial charge >= 0.3 is 12.1 Å². The van der Waals surface area contributed by atoms with Crippen molar-refractivity contribution in [2.45, 2.75) is 45.2 Å². The number of amidine groups is 1. The summed E-state index contributed by atoms with van der Waals surface area (Å²) < 4.78 is 37.2. The van der Waals surface area contributed by atoms with Crippen LogP contribution in [0.25, 0.3) is 0 Å². The first kappa shape index (κ1) is 27.4. The quantitative estimate of drug-likeness (QED) is 0.231. The number of rotatable bonds is 5. The number of nitrogens with zero attached hydrogens (tertiary/aromatic N) is 1. The third-order valence-electron chi connectivity index (χ3n) is 2.95. The number of carbonyl (C=O) groups is 2. The summed E-state index contributed by atoms with van der Waals surface area (Å²) in [7, 11) is 1.41. The molecule has 0 aromatic heterocycles. The van der Waals surface area contributed by atoms with E-state index in [1.807, 2.05) is 0 Å². The van der Waals surface area contributed by atoms with E-state index in [4.69, 9.17) is 10.5 Å². The number of esters is 1. The van der Waals surface area contributed by atoms with Crippen LogP contribution in [-0.4, -0.2) is 42.0 Å². The molecule has 30 heavy (non-hydrogen) atoms. The first-order valence-corrected chi connectivity index (χ1v) is 9.90. The molecular formula is C20H29F2N3O4S. The first-order chi connectivity index (χ1) is 13.9. The number of aliphatic imine (C=N–C) groups is 1. The normalized spacial score (nSPS) is 12.2. The molecule has 0 bridgehead atoms. The predicted molar refractivity (Wildman–Crippen MR) is 117 cm³/mol. The van der Waals surface area contributed by atoms with Crippen LogP contribution >= 0.6 is 11.8 Å². The fraction of sp³-hybridized carbons (Fsp3) is 0.450. The second kappa shape index (κ2) is 13.6. The Labute approximate surface area is 180 Å². The third-order valence-corrected chi connectivity index (χ3v) is 3.88. The lowest BCUT2D eigenvalue weighted by Gasteiger charge is -2.20. The zero-order valence-corrected chi connectivity index (χ0v) is 18.6. The molecule has 0 aliphatic carbocycles. The average molecular weight is 446 g/mol. The molecule has 0 heterocycles. The molecule has 0 spiro atoms. The summed E-state index contributed by atoms with van der Waals surface area (Å²) in [6.07, 6.45) is 0.216. The Kier molecular flexibility index (Phi) is 12.4. The standard InChI is InChI=1S/C15H21F2N3O2S.C5H8O2/c1-15(2,3)22-14(21)20-13(19-4)23-12(17)8-9-7-10(18)5-6-11(9)16;1-3-5(6)7-4-2/h5-7,12H,8,18H2,1-4H3,(H,19,20,21);3H,1,4H2,2H3. The summed E-state index contributed by atoms with van der Waals surface area (Å²) in [4.78, 5) is 25.5. The minimum atomic E-state index is -1.50. The van der Waals surface area contributed by atoms with Gasteiger partial charge in [-0.1, -0.05) is 18.3 Å². The van der Waals surface area contributed by atoms with Crippen LogP contribution in [0.15, 0.2) is 35.8 Å². The van der Waals surface area contributed by atoms with Crippen molar-refractivity contribution in [2.24, 2.45) is 4.99 Å². The number of nitrogens with one attached hydrogen (secondary N) is 1. The van der Waals surface area contributed by atoms with E-state index in [1.54, 1.807) is 27.7 Å². The number of alkyl halides is 1. The molecule has 1 rings (SSSR count). The van der Waals surface area contributed by atoms with Crippen LogP contribution in [0.1, 0.15) is 33.3 Å². The molecule has 1 atom stereocenters. The van der Waals surface area contributed by atoms with Gasteiger partial charge in [-0.05, 0) is 51.5 Å². The van der Waals surface area contributed by atoms with Crippen molar-refractivity contribution < 1.29 is 27.8 Å². The Balaban J connectivity index is 0.00000103. The van der Waals surface area contributed by atoms with Crippen LogP contribution in [0, 0.1) is 5.82 Å². The van der Waals surface area contributed by atoms with Gasteiger partial charge in [-0.3, -0.25) is 10.3 Å².